The lowest BCUT2D eigenvalue weighted by Gasteiger charge is -2.25. The summed E-state index contributed by atoms with van der Waals surface area (Å²) in [5, 5.41) is 10.9. The number of likely N-dealkylation sites (tertiary alicyclic amines) is 1. The van der Waals surface area contributed by atoms with Gasteiger partial charge in [0, 0.05) is 17.8 Å². The topological polar surface area (TPSA) is 73.9 Å². The highest BCUT2D eigenvalue weighted by molar-refractivity contribution is 7.22. The van der Waals surface area contributed by atoms with Crippen LogP contribution in [0.2, 0.25) is 0 Å². The van der Waals surface area contributed by atoms with Crippen LogP contribution in [0.15, 0.2) is 24.3 Å². The van der Waals surface area contributed by atoms with Crippen molar-refractivity contribution < 1.29 is 4.79 Å². The standard InChI is InChI=1S/C17H19N5OS/c1-10-15(11(2)21-20-10)13-7-5-9-22(13)17(23)19-16-18-12-6-3-4-8-14(12)24-16/h3-4,6,8,13H,5,7,9H2,1-2H3,(H,20,21)(H,18,19,23)/t13-/m1/s1. The number of anilines is 1. The van der Waals surface area contributed by atoms with Gasteiger partial charge in [-0.05, 0) is 38.8 Å². The number of carbonyl (C=O) groups is 1. The Morgan fingerprint density at radius 1 is 1.38 bits per heavy atom. The van der Waals surface area contributed by atoms with Gasteiger partial charge in [-0.25, -0.2) is 9.78 Å². The zero-order valence-corrected chi connectivity index (χ0v) is 14.5. The molecular weight excluding hydrogens is 322 g/mol. The first-order valence-electron chi connectivity index (χ1n) is 8.08. The minimum Gasteiger partial charge on any atom is -0.317 e. The maximum Gasteiger partial charge on any atom is 0.324 e. The second kappa shape index (κ2) is 5.90. The van der Waals surface area contributed by atoms with Crippen molar-refractivity contribution in [1.29, 1.82) is 0 Å². The number of H-pyrrole nitrogens is 1. The van der Waals surface area contributed by atoms with Crippen molar-refractivity contribution in [3.05, 3.63) is 41.2 Å². The van der Waals surface area contributed by atoms with Gasteiger partial charge in [0.1, 0.15) is 0 Å². The highest BCUT2D eigenvalue weighted by Gasteiger charge is 2.33. The summed E-state index contributed by atoms with van der Waals surface area (Å²) in [5.74, 6) is 0. The molecule has 0 saturated carbocycles. The summed E-state index contributed by atoms with van der Waals surface area (Å²) in [6.07, 6.45) is 1.97. The number of urea groups is 1. The fourth-order valence-electron chi connectivity index (χ4n) is 3.45. The van der Waals surface area contributed by atoms with E-state index in [0.717, 1.165) is 46.6 Å². The van der Waals surface area contributed by atoms with Crippen molar-refractivity contribution in [3.63, 3.8) is 0 Å². The number of para-hydroxylation sites is 1. The Morgan fingerprint density at radius 2 is 2.21 bits per heavy atom. The minimum absolute atomic E-state index is 0.0816. The van der Waals surface area contributed by atoms with Crippen molar-refractivity contribution in [2.45, 2.75) is 32.7 Å². The number of carbonyl (C=O) groups excluding carboxylic acids is 1. The number of rotatable bonds is 2. The summed E-state index contributed by atoms with van der Waals surface area (Å²) < 4.78 is 1.08. The minimum atomic E-state index is -0.0865. The summed E-state index contributed by atoms with van der Waals surface area (Å²) in [5.41, 5.74) is 4.07. The molecule has 0 aliphatic carbocycles. The normalized spacial score (nSPS) is 17.6. The predicted octanol–water partition coefficient (Wildman–Crippen LogP) is 4.01. The number of thiazole rings is 1. The monoisotopic (exact) mass is 341 g/mol. The van der Waals surface area contributed by atoms with Gasteiger partial charge in [0.05, 0.1) is 22.0 Å². The van der Waals surface area contributed by atoms with Crippen LogP contribution in [0.3, 0.4) is 0 Å². The van der Waals surface area contributed by atoms with Gasteiger partial charge in [-0.15, -0.1) is 0 Å². The third-order valence-electron chi connectivity index (χ3n) is 4.54. The molecule has 1 atom stereocenters. The van der Waals surface area contributed by atoms with Gasteiger partial charge in [-0.3, -0.25) is 10.4 Å². The molecular formula is C17H19N5OS. The van der Waals surface area contributed by atoms with Crippen LogP contribution in [0.4, 0.5) is 9.93 Å². The molecule has 1 aliphatic rings. The third-order valence-corrected chi connectivity index (χ3v) is 5.49. The smallest absolute Gasteiger partial charge is 0.317 e. The lowest BCUT2D eigenvalue weighted by Crippen LogP contribution is -2.34. The number of hydrogen-bond donors (Lipinski definition) is 2. The average Bonchev–Trinajstić information content (AvgIpc) is 3.25. The van der Waals surface area contributed by atoms with Gasteiger partial charge in [0.15, 0.2) is 5.13 Å². The number of nitrogens with zero attached hydrogens (tertiary/aromatic N) is 3. The molecule has 1 fully saturated rings. The zero-order chi connectivity index (χ0) is 16.7. The van der Waals surface area contributed by atoms with E-state index in [1.165, 1.54) is 11.3 Å². The van der Waals surface area contributed by atoms with E-state index < -0.39 is 0 Å². The van der Waals surface area contributed by atoms with Crippen LogP contribution in [-0.4, -0.2) is 32.7 Å². The molecule has 6 nitrogen and oxygen atoms in total. The molecule has 1 saturated heterocycles. The Morgan fingerprint density at radius 3 is 2.96 bits per heavy atom. The van der Waals surface area contributed by atoms with E-state index in [2.05, 4.69) is 20.5 Å². The molecule has 1 aliphatic heterocycles. The predicted molar refractivity (Wildman–Crippen MR) is 95.4 cm³/mol. The Labute approximate surface area is 143 Å². The highest BCUT2D eigenvalue weighted by Crippen LogP contribution is 2.35. The van der Waals surface area contributed by atoms with E-state index in [1.54, 1.807) is 0 Å². The maximum atomic E-state index is 12.8. The number of benzene rings is 1. The first-order chi connectivity index (χ1) is 11.6. The molecule has 2 N–H and O–H groups in total. The van der Waals surface area contributed by atoms with E-state index in [4.69, 9.17) is 0 Å². The summed E-state index contributed by atoms with van der Waals surface area (Å²) in [6.45, 7) is 4.75. The Hall–Kier alpha value is -2.41. The molecule has 124 valence electrons. The van der Waals surface area contributed by atoms with E-state index in [1.807, 2.05) is 43.0 Å². The van der Waals surface area contributed by atoms with Crippen molar-refractivity contribution in [2.75, 3.05) is 11.9 Å². The first kappa shape index (κ1) is 15.1. The first-order valence-corrected chi connectivity index (χ1v) is 8.90. The maximum absolute atomic E-state index is 12.8. The van der Waals surface area contributed by atoms with Crippen molar-refractivity contribution in [2.24, 2.45) is 0 Å². The fraction of sp³-hybridized carbons (Fsp3) is 0.353. The summed E-state index contributed by atoms with van der Waals surface area (Å²) in [6, 6.07) is 7.90. The molecule has 7 heteroatoms. The van der Waals surface area contributed by atoms with Gasteiger partial charge in [-0.2, -0.15) is 5.10 Å². The van der Waals surface area contributed by atoms with Crippen molar-refractivity contribution in [1.82, 2.24) is 20.1 Å². The van der Waals surface area contributed by atoms with Crippen LogP contribution in [0, 0.1) is 13.8 Å². The second-order valence-electron chi connectivity index (χ2n) is 6.12. The third kappa shape index (κ3) is 2.54. The number of nitrogens with one attached hydrogen (secondary N) is 2. The van der Waals surface area contributed by atoms with Crippen LogP contribution >= 0.6 is 11.3 Å². The quantitative estimate of drug-likeness (QED) is 0.740. The van der Waals surface area contributed by atoms with Gasteiger partial charge in [-0.1, -0.05) is 23.5 Å². The number of hydrogen-bond acceptors (Lipinski definition) is 4. The van der Waals surface area contributed by atoms with E-state index in [-0.39, 0.29) is 12.1 Å². The van der Waals surface area contributed by atoms with E-state index in [0.29, 0.717) is 5.13 Å². The molecule has 4 rings (SSSR count). The molecule has 2 amide bonds. The molecule has 0 radical (unpaired) electrons. The van der Waals surface area contributed by atoms with Gasteiger partial charge < -0.3 is 4.90 Å². The zero-order valence-electron chi connectivity index (χ0n) is 13.7. The fourth-order valence-corrected chi connectivity index (χ4v) is 4.30. The Kier molecular flexibility index (Phi) is 3.72. The summed E-state index contributed by atoms with van der Waals surface area (Å²) in [4.78, 5) is 19.2. The van der Waals surface area contributed by atoms with Gasteiger partial charge in [0.2, 0.25) is 0 Å². The van der Waals surface area contributed by atoms with Crippen LogP contribution < -0.4 is 5.32 Å². The number of aromatic amines is 1. The number of aromatic nitrogens is 3. The largest absolute Gasteiger partial charge is 0.324 e. The lowest BCUT2D eigenvalue weighted by atomic mass is 10.0. The number of amides is 2. The SMILES string of the molecule is Cc1n[nH]c(C)c1[C@H]1CCCN1C(=O)Nc1nc2ccccc2s1. The molecule has 3 heterocycles. The van der Waals surface area contributed by atoms with Gasteiger partial charge in [0.25, 0.3) is 0 Å². The van der Waals surface area contributed by atoms with Crippen molar-refractivity contribution >= 4 is 32.7 Å². The van der Waals surface area contributed by atoms with Crippen LogP contribution in [0.25, 0.3) is 10.2 Å². The van der Waals surface area contributed by atoms with Crippen LogP contribution in [0.1, 0.15) is 35.8 Å². The molecule has 0 unspecified atom stereocenters. The van der Waals surface area contributed by atoms with Crippen molar-refractivity contribution in [3.8, 4) is 0 Å². The molecule has 24 heavy (non-hydrogen) atoms. The number of fused-ring (bicyclic) bond motifs is 1. The molecule has 1 aromatic carbocycles. The van der Waals surface area contributed by atoms with E-state index >= 15 is 0 Å². The lowest BCUT2D eigenvalue weighted by molar-refractivity contribution is 0.207. The summed E-state index contributed by atoms with van der Waals surface area (Å²) >= 11 is 1.50. The highest BCUT2D eigenvalue weighted by atomic mass is 32.1. The van der Waals surface area contributed by atoms with E-state index in [9.17, 15) is 4.79 Å². The second-order valence-corrected chi connectivity index (χ2v) is 7.15. The molecule has 0 spiro atoms. The average molecular weight is 341 g/mol. The Balaban J connectivity index is 1.57. The Bertz CT molecular complexity index is 847. The summed E-state index contributed by atoms with van der Waals surface area (Å²) in [7, 11) is 0. The van der Waals surface area contributed by atoms with Gasteiger partial charge >= 0.3 is 6.03 Å². The van der Waals surface area contributed by atoms with Crippen LogP contribution in [-0.2, 0) is 0 Å². The molecule has 3 aromatic rings. The number of aryl methyl sites for hydroxylation is 2. The van der Waals surface area contributed by atoms with Crippen LogP contribution in [0.5, 0.6) is 0 Å². The molecule has 2 aromatic heterocycles. The molecule has 0 bridgehead atoms.